The summed E-state index contributed by atoms with van der Waals surface area (Å²) in [6, 6.07) is 7.28. The quantitative estimate of drug-likeness (QED) is 0.736. The molecule has 0 atom stereocenters. The van der Waals surface area contributed by atoms with E-state index in [2.05, 4.69) is 5.32 Å². The number of rotatable bonds is 7. The molecule has 0 radical (unpaired) electrons. The Bertz CT molecular complexity index is 480. The third kappa shape index (κ3) is 4.15. The summed E-state index contributed by atoms with van der Waals surface area (Å²) in [5, 5.41) is 11.8. The van der Waals surface area contributed by atoms with Gasteiger partial charge in [-0.3, -0.25) is 14.5 Å². The number of carbonyl (C=O) groups excluding carboxylic acids is 2. The van der Waals surface area contributed by atoms with Crippen LogP contribution >= 0.6 is 0 Å². The van der Waals surface area contributed by atoms with Crippen molar-refractivity contribution < 1.29 is 14.7 Å². The Morgan fingerprint density at radius 2 is 1.95 bits per heavy atom. The van der Waals surface area contributed by atoms with E-state index in [4.69, 9.17) is 5.11 Å². The van der Waals surface area contributed by atoms with Crippen molar-refractivity contribution in [1.82, 2.24) is 4.90 Å². The minimum atomic E-state index is -0.0964. The first-order valence-electron chi connectivity index (χ1n) is 6.86. The zero-order chi connectivity index (χ0) is 14.5. The van der Waals surface area contributed by atoms with E-state index in [1.54, 1.807) is 24.3 Å². The lowest BCUT2D eigenvalue weighted by Gasteiger charge is -2.20. The minimum absolute atomic E-state index is 0.00531. The van der Waals surface area contributed by atoms with Crippen LogP contribution in [-0.4, -0.2) is 47.4 Å². The highest BCUT2D eigenvalue weighted by atomic mass is 16.3. The molecular formula is C15H20N2O3. The maximum atomic E-state index is 11.9. The van der Waals surface area contributed by atoms with Gasteiger partial charge in [0.15, 0.2) is 5.78 Å². The molecule has 1 aliphatic carbocycles. The normalized spacial score (nSPS) is 14.3. The molecule has 1 aliphatic rings. The van der Waals surface area contributed by atoms with Crippen LogP contribution in [0.2, 0.25) is 0 Å². The number of nitrogens with one attached hydrogen (secondary N) is 1. The molecule has 0 aliphatic heterocycles. The fourth-order valence-electron chi connectivity index (χ4n) is 2.13. The minimum Gasteiger partial charge on any atom is -0.395 e. The zero-order valence-electron chi connectivity index (χ0n) is 11.6. The fraction of sp³-hybridized carbons (Fsp3) is 0.467. The van der Waals surface area contributed by atoms with Gasteiger partial charge in [0.2, 0.25) is 5.91 Å². The van der Waals surface area contributed by atoms with Crippen molar-refractivity contribution in [2.75, 3.05) is 25.0 Å². The second-order valence-corrected chi connectivity index (χ2v) is 5.11. The predicted octanol–water partition coefficient (Wildman–Crippen LogP) is 1.28. The Hall–Kier alpha value is -1.72. The second-order valence-electron chi connectivity index (χ2n) is 5.11. The predicted molar refractivity (Wildman–Crippen MR) is 76.8 cm³/mol. The van der Waals surface area contributed by atoms with Crippen LogP contribution in [0.5, 0.6) is 0 Å². The molecule has 0 spiro atoms. The first-order chi connectivity index (χ1) is 9.60. The van der Waals surface area contributed by atoms with Crippen LogP contribution in [0.25, 0.3) is 0 Å². The smallest absolute Gasteiger partial charge is 0.238 e. The van der Waals surface area contributed by atoms with Crippen LogP contribution in [0, 0.1) is 0 Å². The molecule has 1 aromatic rings. The molecular weight excluding hydrogens is 256 g/mol. The van der Waals surface area contributed by atoms with Crippen molar-refractivity contribution in [3.05, 3.63) is 29.8 Å². The molecule has 1 saturated carbocycles. The van der Waals surface area contributed by atoms with Gasteiger partial charge in [-0.15, -0.1) is 0 Å². The number of carbonyl (C=O) groups is 2. The van der Waals surface area contributed by atoms with E-state index in [1.807, 2.05) is 4.90 Å². The van der Waals surface area contributed by atoms with E-state index in [9.17, 15) is 9.59 Å². The van der Waals surface area contributed by atoms with Gasteiger partial charge in [0.25, 0.3) is 0 Å². The van der Waals surface area contributed by atoms with E-state index in [-0.39, 0.29) is 18.3 Å². The fourth-order valence-corrected chi connectivity index (χ4v) is 2.13. The van der Waals surface area contributed by atoms with Crippen molar-refractivity contribution in [1.29, 1.82) is 0 Å². The molecule has 0 aromatic heterocycles. The van der Waals surface area contributed by atoms with Gasteiger partial charge < -0.3 is 10.4 Å². The van der Waals surface area contributed by atoms with Crippen LogP contribution < -0.4 is 5.32 Å². The Morgan fingerprint density at radius 3 is 2.45 bits per heavy atom. The lowest BCUT2D eigenvalue weighted by Crippen LogP contribution is -2.36. The SMILES string of the molecule is CC(=O)c1ccc(NC(=O)CN(CCO)C2CC2)cc1. The Morgan fingerprint density at radius 1 is 1.30 bits per heavy atom. The van der Waals surface area contributed by atoms with Crippen LogP contribution in [0.15, 0.2) is 24.3 Å². The van der Waals surface area contributed by atoms with E-state index in [0.717, 1.165) is 12.8 Å². The maximum Gasteiger partial charge on any atom is 0.238 e. The third-order valence-electron chi connectivity index (χ3n) is 3.37. The van der Waals surface area contributed by atoms with Gasteiger partial charge in [-0.25, -0.2) is 0 Å². The molecule has 0 unspecified atom stereocenters. The van der Waals surface area contributed by atoms with E-state index in [0.29, 0.717) is 30.4 Å². The molecule has 108 valence electrons. The Balaban J connectivity index is 1.88. The highest BCUT2D eigenvalue weighted by Crippen LogP contribution is 2.26. The van der Waals surface area contributed by atoms with E-state index < -0.39 is 0 Å². The lowest BCUT2D eigenvalue weighted by molar-refractivity contribution is -0.117. The molecule has 1 fully saturated rings. The lowest BCUT2D eigenvalue weighted by atomic mass is 10.1. The van der Waals surface area contributed by atoms with Crippen molar-refractivity contribution in [3.63, 3.8) is 0 Å². The molecule has 1 amide bonds. The van der Waals surface area contributed by atoms with Crippen LogP contribution in [0.4, 0.5) is 5.69 Å². The van der Waals surface area contributed by atoms with Crippen LogP contribution in [0.1, 0.15) is 30.1 Å². The summed E-state index contributed by atoms with van der Waals surface area (Å²) in [7, 11) is 0. The Labute approximate surface area is 118 Å². The van der Waals surface area contributed by atoms with E-state index in [1.165, 1.54) is 6.92 Å². The van der Waals surface area contributed by atoms with Crippen molar-refractivity contribution in [3.8, 4) is 0 Å². The first-order valence-corrected chi connectivity index (χ1v) is 6.86. The number of Topliss-reactive ketones (excluding diaryl/α,β-unsaturated/α-hetero) is 1. The van der Waals surface area contributed by atoms with Crippen molar-refractivity contribution in [2.45, 2.75) is 25.8 Å². The van der Waals surface area contributed by atoms with Crippen molar-refractivity contribution in [2.24, 2.45) is 0 Å². The average molecular weight is 276 g/mol. The number of nitrogens with zero attached hydrogens (tertiary/aromatic N) is 1. The van der Waals surface area contributed by atoms with Gasteiger partial charge in [-0.1, -0.05) is 0 Å². The number of anilines is 1. The molecule has 5 heteroatoms. The monoisotopic (exact) mass is 276 g/mol. The van der Waals surface area contributed by atoms with Gasteiger partial charge in [0, 0.05) is 23.8 Å². The van der Waals surface area contributed by atoms with Gasteiger partial charge in [-0.2, -0.15) is 0 Å². The maximum absolute atomic E-state index is 11.9. The van der Waals surface area contributed by atoms with Gasteiger partial charge >= 0.3 is 0 Å². The summed E-state index contributed by atoms with van der Waals surface area (Å²) in [5.74, 6) is -0.0911. The summed E-state index contributed by atoms with van der Waals surface area (Å²) in [5.41, 5.74) is 1.31. The summed E-state index contributed by atoms with van der Waals surface area (Å²) < 4.78 is 0. The van der Waals surface area contributed by atoms with Crippen molar-refractivity contribution >= 4 is 17.4 Å². The molecule has 2 N–H and O–H groups in total. The standard InChI is InChI=1S/C15H20N2O3/c1-11(19)12-2-4-13(5-3-12)16-15(20)10-17(8-9-18)14-6-7-14/h2-5,14,18H,6-10H2,1H3,(H,16,20). The summed E-state index contributed by atoms with van der Waals surface area (Å²) in [6.45, 7) is 2.40. The summed E-state index contributed by atoms with van der Waals surface area (Å²) in [4.78, 5) is 25.1. The van der Waals surface area contributed by atoms with Gasteiger partial charge in [0.05, 0.1) is 13.2 Å². The average Bonchev–Trinajstić information content (AvgIpc) is 3.23. The number of ketones is 1. The molecule has 5 nitrogen and oxygen atoms in total. The van der Waals surface area contributed by atoms with Gasteiger partial charge in [-0.05, 0) is 44.0 Å². The molecule has 2 rings (SSSR count). The summed E-state index contributed by atoms with van der Waals surface area (Å²) >= 11 is 0. The first kappa shape index (κ1) is 14.7. The zero-order valence-corrected chi connectivity index (χ0v) is 11.6. The van der Waals surface area contributed by atoms with Crippen LogP contribution in [-0.2, 0) is 4.79 Å². The number of aliphatic hydroxyl groups is 1. The number of aliphatic hydroxyl groups excluding tert-OH is 1. The Kier molecular flexibility index (Phi) is 4.87. The topological polar surface area (TPSA) is 69.6 Å². The number of amides is 1. The largest absolute Gasteiger partial charge is 0.395 e. The second kappa shape index (κ2) is 6.63. The van der Waals surface area contributed by atoms with Crippen LogP contribution in [0.3, 0.4) is 0 Å². The molecule has 0 bridgehead atoms. The highest BCUT2D eigenvalue weighted by Gasteiger charge is 2.29. The third-order valence-corrected chi connectivity index (χ3v) is 3.37. The molecule has 0 saturated heterocycles. The molecule has 1 aromatic carbocycles. The number of hydrogen-bond acceptors (Lipinski definition) is 4. The number of benzene rings is 1. The van der Waals surface area contributed by atoms with E-state index >= 15 is 0 Å². The molecule has 0 heterocycles. The molecule has 20 heavy (non-hydrogen) atoms. The number of hydrogen-bond donors (Lipinski definition) is 2. The summed E-state index contributed by atoms with van der Waals surface area (Å²) in [6.07, 6.45) is 2.20. The van der Waals surface area contributed by atoms with Gasteiger partial charge in [0.1, 0.15) is 0 Å². The highest BCUT2D eigenvalue weighted by molar-refractivity contribution is 5.96.